The molecule has 3 fully saturated rings. The molecule has 4 rings (SSSR count). The number of nitrogens with one attached hydrogen (secondary N) is 1. The summed E-state index contributed by atoms with van der Waals surface area (Å²) in [5.41, 5.74) is 1.30. The van der Waals surface area contributed by atoms with Crippen LogP contribution in [0.15, 0.2) is 30.3 Å². The lowest BCUT2D eigenvalue weighted by Crippen LogP contribution is -2.58. The van der Waals surface area contributed by atoms with E-state index in [-0.39, 0.29) is 29.2 Å². The number of halogens is 1. The van der Waals surface area contributed by atoms with Crippen LogP contribution >= 0.6 is 11.6 Å². The number of alkyl halides is 1. The summed E-state index contributed by atoms with van der Waals surface area (Å²) in [5.74, 6) is 0.981. The fraction of sp³-hybridized carbons (Fsp3) is 0.650. The molecule has 2 aliphatic heterocycles. The Morgan fingerprint density at radius 2 is 1.92 bits per heavy atom. The quantitative estimate of drug-likeness (QED) is 0.840. The molecule has 3 aliphatic rings. The lowest BCUT2D eigenvalue weighted by Gasteiger charge is -2.48. The van der Waals surface area contributed by atoms with Gasteiger partial charge in [-0.3, -0.25) is 9.69 Å². The van der Waals surface area contributed by atoms with E-state index in [0.29, 0.717) is 5.92 Å². The van der Waals surface area contributed by atoms with E-state index in [1.807, 2.05) is 0 Å². The van der Waals surface area contributed by atoms with E-state index >= 15 is 0 Å². The summed E-state index contributed by atoms with van der Waals surface area (Å²) in [7, 11) is 0. The Balaban J connectivity index is 1.61. The van der Waals surface area contributed by atoms with Gasteiger partial charge in [-0.1, -0.05) is 30.3 Å². The van der Waals surface area contributed by atoms with Crippen molar-refractivity contribution in [1.29, 1.82) is 0 Å². The highest BCUT2D eigenvalue weighted by atomic mass is 35.5. The number of nitrogens with zero attached hydrogens (tertiary/aromatic N) is 1. The van der Waals surface area contributed by atoms with Gasteiger partial charge in [0.2, 0.25) is 5.91 Å². The highest BCUT2D eigenvalue weighted by Crippen LogP contribution is 2.45. The maximum atomic E-state index is 13.0. The van der Waals surface area contributed by atoms with Gasteiger partial charge in [-0.2, -0.15) is 0 Å². The largest absolute Gasteiger partial charge is 0.379 e. The fourth-order valence-electron chi connectivity index (χ4n) is 4.90. The van der Waals surface area contributed by atoms with Crippen molar-refractivity contribution in [3.05, 3.63) is 35.9 Å². The summed E-state index contributed by atoms with van der Waals surface area (Å²) in [6.45, 7) is 4.20. The van der Waals surface area contributed by atoms with Crippen LogP contribution in [0.2, 0.25) is 0 Å². The Morgan fingerprint density at radius 1 is 1.16 bits per heavy atom. The van der Waals surface area contributed by atoms with E-state index in [0.717, 1.165) is 52.1 Å². The SMILES string of the molecule is O=C1NC2CC(Cl)CCC2C(c2ccccc2)C1CN1CCOCC1. The van der Waals surface area contributed by atoms with Gasteiger partial charge < -0.3 is 10.1 Å². The molecule has 1 saturated carbocycles. The average Bonchev–Trinajstić information content (AvgIpc) is 2.64. The van der Waals surface area contributed by atoms with Gasteiger partial charge in [0.1, 0.15) is 0 Å². The highest BCUT2D eigenvalue weighted by molar-refractivity contribution is 6.20. The van der Waals surface area contributed by atoms with Gasteiger partial charge in [0.15, 0.2) is 0 Å². The highest BCUT2D eigenvalue weighted by Gasteiger charge is 2.47. The summed E-state index contributed by atoms with van der Waals surface area (Å²) < 4.78 is 5.47. The lowest BCUT2D eigenvalue weighted by molar-refractivity contribution is -0.132. The molecule has 5 atom stereocenters. The molecule has 5 unspecified atom stereocenters. The number of hydrogen-bond acceptors (Lipinski definition) is 3. The van der Waals surface area contributed by atoms with Crippen LogP contribution in [0.3, 0.4) is 0 Å². The van der Waals surface area contributed by atoms with Crippen LogP contribution in [0.4, 0.5) is 0 Å². The molecule has 2 heterocycles. The van der Waals surface area contributed by atoms with E-state index in [9.17, 15) is 4.79 Å². The van der Waals surface area contributed by atoms with Crippen molar-refractivity contribution in [1.82, 2.24) is 10.2 Å². The van der Waals surface area contributed by atoms with Crippen LogP contribution in [-0.2, 0) is 9.53 Å². The first kappa shape index (κ1) is 17.3. The number of piperidine rings is 1. The summed E-state index contributed by atoms with van der Waals surface area (Å²) in [4.78, 5) is 15.4. The molecule has 0 radical (unpaired) electrons. The van der Waals surface area contributed by atoms with Gasteiger partial charge in [-0.05, 0) is 30.7 Å². The zero-order valence-electron chi connectivity index (χ0n) is 14.6. The van der Waals surface area contributed by atoms with E-state index in [1.165, 1.54) is 5.56 Å². The molecule has 5 heteroatoms. The zero-order chi connectivity index (χ0) is 17.2. The zero-order valence-corrected chi connectivity index (χ0v) is 15.3. The second-order valence-corrected chi connectivity index (χ2v) is 8.26. The maximum absolute atomic E-state index is 13.0. The Hall–Kier alpha value is -1.10. The first-order valence-electron chi connectivity index (χ1n) is 9.52. The number of amides is 1. The molecule has 1 N–H and O–H groups in total. The maximum Gasteiger partial charge on any atom is 0.225 e. The summed E-state index contributed by atoms with van der Waals surface area (Å²) in [5, 5.41) is 3.50. The van der Waals surface area contributed by atoms with Gasteiger partial charge in [0, 0.05) is 37.0 Å². The Kier molecular flexibility index (Phi) is 5.30. The number of morpholine rings is 1. The third-order valence-electron chi connectivity index (χ3n) is 6.14. The molecular formula is C20H27ClN2O2. The van der Waals surface area contributed by atoms with E-state index in [2.05, 4.69) is 40.5 Å². The van der Waals surface area contributed by atoms with Crippen LogP contribution in [0.1, 0.15) is 30.7 Å². The van der Waals surface area contributed by atoms with Crippen molar-refractivity contribution in [3.8, 4) is 0 Å². The van der Waals surface area contributed by atoms with Crippen molar-refractivity contribution in [3.63, 3.8) is 0 Å². The monoisotopic (exact) mass is 362 g/mol. The smallest absolute Gasteiger partial charge is 0.225 e. The number of carbonyl (C=O) groups excluding carboxylic acids is 1. The number of fused-ring (bicyclic) bond motifs is 1. The molecule has 0 spiro atoms. The number of benzene rings is 1. The van der Waals surface area contributed by atoms with E-state index < -0.39 is 0 Å². The van der Waals surface area contributed by atoms with Gasteiger partial charge in [-0.25, -0.2) is 0 Å². The Bertz CT molecular complexity index is 591. The molecule has 1 aromatic rings. The standard InChI is InChI=1S/C20H27ClN2O2/c21-15-6-7-16-18(12-15)22-20(24)17(13-23-8-10-25-11-9-23)19(16)14-4-2-1-3-5-14/h1-5,15-19H,6-13H2,(H,22,24). The summed E-state index contributed by atoms with van der Waals surface area (Å²) in [6.07, 6.45) is 3.04. The number of carbonyl (C=O) groups is 1. The molecule has 136 valence electrons. The normalized spacial score (nSPS) is 36.5. The molecule has 4 nitrogen and oxygen atoms in total. The molecule has 1 amide bonds. The topological polar surface area (TPSA) is 41.6 Å². The average molecular weight is 363 g/mol. The van der Waals surface area contributed by atoms with E-state index in [4.69, 9.17) is 16.3 Å². The van der Waals surface area contributed by atoms with Crippen LogP contribution in [0.5, 0.6) is 0 Å². The van der Waals surface area contributed by atoms with Crippen molar-refractivity contribution in [2.75, 3.05) is 32.8 Å². The third kappa shape index (κ3) is 3.71. The fourth-order valence-corrected chi connectivity index (χ4v) is 5.22. The van der Waals surface area contributed by atoms with Crippen molar-refractivity contribution >= 4 is 17.5 Å². The molecule has 2 saturated heterocycles. The molecule has 0 bridgehead atoms. The van der Waals surface area contributed by atoms with Gasteiger partial charge >= 0.3 is 0 Å². The minimum atomic E-state index is 0.00799. The van der Waals surface area contributed by atoms with Crippen LogP contribution in [0, 0.1) is 11.8 Å². The number of rotatable bonds is 3. The van der Waals surface area contributed by atoms with Crippen LogP contribution in [-0.4, -0.2) is 55.1 Å². The lowest BCUT2D eigenvalue weighted by atomic mass is 9.65. The van der Waals surface area contributed by atoms with Crippen molar-refractivity contribution in [2.45, 2.75) is 36.6 Å². The minimum absolute atomic E-state index is 0.00799. The first-order valence-corrected chi connectivity index (χ1v) is 9.95. The molecule has 1 aromatic carbocycles. The Morgan fingerprint density at radius 3 is 2.68 bits per heavy atom. The Labute approximate surface area is 154 Å². The second-order valence-electron chi connectivity index (χ2n) is 7.65. The van der Waals surface area contributed by atoms with E-state index in [1.54, 1.807) is 0 Å². The van der Waals surface area contributed by atoms with Gasteiger partial charge in [0.05, 0.1) is 19.1 Å². The predicted molar refractivity (Wildman–Crippen MR) is 98.8 cm³/mol. The number of ether oxygens (including phenoxy) is 1. The van der Waals surface area contributed by atoms with Crippen molar-refractivity contribution < 1.29 is 9.53 Å². The third-order valence-corrected chi connectivity index (χ3v) is 6.54. The van der Waals surface area contributed by atoms with Crippen molar-refractivity contribution in [2.24, 2.45) is 11.8 Å². The number of hydrogen-bond donors (Lipinski definition) is 1. The molecule has 1 aliphatic carbocycles. The second kappa shape index (κ2) is 7.65. The predicted octanol–water partition coefficient (Wildman–Crippen LogP) is 2.62. The molecule has 25 heavy (non-hydrogen) atoms. The summed E-state index contributed by atoms with van der Waals surface area (Å²) in [6, 6.07) is 10.8. The van der Waals surface area contributed by atoms with Gasteiger partial charge in [-0.15, -0.1) is 11.6 Å². The minimum Gasteiger partial charge on any atom is -0.379 e. The molecule has 0 aromatic heterocycles. The summed E-state index contributed by atoms with van der Waals surface area (Å²) >= 11 is 6.40. The van der Waals surface area contributed by atoms with Crippen LogP contribution < -0.4 is 5.32 Å². The van der Waals surface area contributed by atoms with Crippen LogP contribution in [0.25, 0.3) is 0 Å². The molecular weight excluding hydrogens is 336 g/mol. The van der Waals surface area contributed by atoms with Gasteiger partial charge in [0.25, 0.3) is 0 Å². The first-order chi connectivity index (χ1) is 12.2.